The number of nitrogens with zero attached hydrogens (tertiary/aromatic N) is 3. The third-order valence-electron chi connectivity index (χ3n) is 5.85. The number of aryl methyl sites for hydroxylation is 1. The topological polar surface area (TPSA) is 81.2 Å². The minimum atomic E-state index is -0.454. The lowest BCUT2D eigenvalue weighted by Gasteiger charge is -2.30. The highest BCUT2D eigenvalue weighted by Crippen LogP contribution is 2.32. The van der Waals surface area contributed by atoms with Crippen LogP contribution in [-0.4, -0.2) is 48.9 Å². The average Bonchev–Trinajstić information content (AvgIpc) is 3.02. The molecule has 2 aromatic rings. The normalized spacial score (nSPS) is 17.2. The highest BCUT2D eigenvalue weighted by Gasteiger charge is 2.29. The fourth-order valence-electron chi connectivity index (χ4n) is 4.07. The molecule has 8 nitrogen and oxygen atoms in total. The third-order valence-corrected chi connectivity index (χ3v) is 5.85. The first-order valence-electron chi connectivity index (χ1n) is 11.1. The molecule has 0 saturated carbocycles. The van der Waals surface area contributed by atoms with Gasteiger partial charge in [0.05, 0.1) is 24.9 Å². The smallest absolute Gasteiger partial charge is 0.420 e. The van der Waals surface area contributed by atoms with Gasteiger partial charge < -0.3 is 19.1 Å². The summed E-state index contributed by atoms with van der Waals surface area (Å²) in [4.78, 5) is 33.4. The molecule has 170 valence electrons. The number of hydrogen-bond donors (Lipinski definition) is 0. The minimum Gasteiger partial charge on any atom is -0.449 e. The summed E-state index contributed by atoms with van der Waals surface area (Å²) in [5.74, 6) is 1.09. The number of methoxy groups -OCH3 is 1. The van der Waals surface area contributed by atoms with E-state index in [4.69, 9.17) is 19.2 Å². The summed E-state index contributed by atoms with van der Waals surface area (Å²) in [6, 6.07) is 11.1. The molecular weight excluding hydrogens is 410 g/mol. The summed E-state index contributed by atoms with van der Waals surface area (Å²) in [7, 11) is 1.62. The lowest BCUT2D eigenvalue weighted by Crippen LogP contribution is -2.39. The second-order valence-electron chi connectivity index (χ2n) is 8.07. The van der Waals surface area contributed by atoms with Crippen LogP contribution in [0, 0.1) is 0 Å². The zero-order valence-corrected chi connectivity index (χ0v) is 18.6. The quantitative estimate of drug-likeness (QED) is 0.684. The number of hydrogen-bond acceptors (Lipinski definition) is 6. The summed E-state index contributed by atoms with van der Waals surface area (Å²) in [6.07, 6.45) is 2.32. The zero-order chi connectivity index (χ0) is 22.5. The molecule has 32 heavy (non-hydrogen) atoms. The number of carbonyl (C=O) groups is 2. The molecule has 1 aromatic heterocycles. The van der Waals surface area contributed by atoms with Gasteiger partial charge in [-0.25, -0.2) is 14.6 Å². The highest BCUT2D eigenvalue weighted by atomic mass is 16.6. The molecule has 0 aliphatic carbocycles. The molecule has 1 saturated heterocycles. The Morgan fingerprint density at radius 2 is 2.00 bits per heavy atom. The van der Waals surface area contributed by atoms with Gasteiger partial charge in [0, 0.05) is 20.2 Å². The highest BCUT2D eigenvalue weighted by molar-refractivity contribution is 5.89. The van der Waals surface area contributed by atoms with Crippen LogP contribution in [0.15, 0.2) is 36.4 Å². The molecule has 2 aliphatic rings. The molecule has 3 heterocycles. The Morgan fingerprint density at radius 3 is 2.78 bits per heavy atom. The third kappa shape index (κ3) is 4.85. The van der Waals surface area contributed by atoms with Gasteiger partial charge in [0.2, 0.25) is 0 Å². The largest absolute Gasteiger partial charge is 0.449 e. The number of ether oxygens (including phenoxy) is 3. The van der Waals surface area contributed by atoms with E-state index in [1.54, 1.807) is 29.0 Å². The summed E-state index contributed by atoms with van der Waals surface area (Å²) in [6.45, 7) is 3.94. The van der Waals surface area contributed by atoms with Crippen molar-refractivity contribution in [3.63, 3.8) is 0 Å². The van der Waals surface area contributed by atoms with Crippen LogP contribution >= 0.6 is 0 Å². The van der Waals surface area contributed by atoms with Crippen molar-refractivity contribution < 1.29 is 23.8 Å². The number of para-hydroxylation sites is 1. The lowest BCUT2D eigenvalue weighted by atomic mass is 10.00. The molecule has 0 radical (unpaired) electrons. The second kappa shape index (κ2) is 9.99. The molecular formula is C24H29N3O5. The van der Waals surface area contributed by atoms with Crippen LogP contribution in [0.5, 0.6) is 5.75 Å². The number of pyridine rings is 1. The maximum Gasteiger partial charge on any atom is 0.420 e. The van der Waals surface area contributed by atoms with Crippen molar-refractivity contribution in [1.29, 1.82) is 0 Å². The molecule has 1 atom stereocenters. The van der Waals surface area contributed by atoms with E-state index in [9.17, 15) is 9.59 Å². The van der Waals surface area contributed by atoms with Gasteiger partial charge in [0.15, 0.2) is 0 Å². The van der Waals surface area contributed by atoms with E-state index < -0.39 is 6.09 Å². The van der Waals surface area contributed by atoms with E-state index in [1.807, 2.05) is 31.2 Å². The maximum absolute atomic E-state index is 12.9. The standard InChI is InChI=1S/C24H29N3O5/c1-17(30-2)21-19(16-26-12-6-7-14-31-23(26)28)15-18-9-8-13-27(22(18)25-21)24(29)32-20-10-4-3-5-11-20/h3-5,10-11,15,17H,6-9,12-14,16H2,1-2H3. The first-order valence-corrected chi connectivity index (χ1v) is 11.1. The van der Waals surface area contributed by atoms with Gasteiger partial charge in [-0.3, -0.25) is 4.90 Å². The molecule has 8 heteroatoms. The van der Waals surface area contributed by atoms with Gasteiger partial charge >= 0.3 is 12.2 Å². The predicted molar refractivity (Wildman–Crippen MR) is 119 cm³/mol. The minimum absolute atomic E-state index is 0.299. The molecule has 4 rings (SSSR count). The SMILES string of the molecule is COC(C)c1nc2c(cc1CN1CCCCOC1=O)CCCN2C(=O)Oc1ccccc1. The van der Waals surface area contributed by atoms with Gasteiger partial charge in [-0.05, 0) is 61.9 Å². The van der Waals surface area contributed by atoms with E-state index in [2.05, 4.69) is 0 Å². The van der Waals surface area contributed by atoms with Crippen molar-refractivity contribution in [2.45, 2.75) is 45.3 Å². The Balaban J connectivity index is 1.64. The first-order chi connectivity index (χ1) is 15.6. The van der Waals surface area contributed by atoms with Crippen molar-refractivity contribution in [2.75, 3.05) is 31.7 Å². The molecule has 2 amide bonds. The van der Waals surface area contributed by atoms with Crippen molar-refractivity contribution in [3.8, 4) is 5.75 Å². The van der Waals surface area contributed by atoms with Crippen molar-refractivity contribution in [2.24, 2.45) is 0 Å². The molecule has 2 aliphatic heterocycles. The second-order valence-corrected chi connectivity index (χ2v) is 8.07. The van der Waals surface area contributed by atoms with Crippen molar-refractivity contribution >= 4 is 18.0 Å². The number of cyclic esters (lactones) is 1. The summed E-state index contributed by atoms with van der Waals surface area (Å²) in [5.41, 5.74) is 2.59. The van der Waals surface area contributed by atoms with Crippen LogP contribution < -0.4 is 9.64 Å². The van der Waals surface area contributed by atoms with Crippen molar-refractivity contribution in [1.82, 2.24) is 9.88 Å². The first kappa shape index (κ1) is 22.1. The van der Waals surface area contributed by atoms with E-state index in [-0.39, 0.29) is 12.2 Å². The van der Waals surface area contributed by atoms with Crippen LogP contribution in [0.2, 0.25) is 0 Å². The van der Waals surface area contributed by atoms with Gasteiger partial charge in [-0.1, -0.05) is 18.2 Å². The van der Waals surface area contributed by atoms with Crippen molar-refractivity contribution in [3.05, 3.63) is 53.2 Å². The van der Waals surface area contributed by atoms with E-state index in [1.165, 1.54) is 0 Å². The Labute approximate surface area is 188 Å². The fourth-order valence-corrected chi connectivity index (χ4v) is 4.07. The van der Waals surface area contributed by atoms with Crippen LogP contribution in [0.1, 0.15) is 49.1 Å². The van der Waals surface area contributed by atoms with Gasteiger partial charge in [-0.2, -0.15) is 0 Å². The Kier molecular flexibility index (Phi) is 6.90. The Morgan fingerprint density at radius 1 is 1.19 bits per heavy atom. The van der Waals surface area contributed by atoms with Gasteiger partial charge in [0.1, 0.15) is 11.6 Å². The number of fused-ring (bicyclic) bond motifs is 1. The maximum atomic E-state index is 12.9. The predicted octanol–water partition coefficient (Wildman–Crippen LogP) is 4.47. The molecule has 1 aromatic carbocycles. The summed E-state index contributed by atoms with van der Waals surface area (Å²) >= 11 is 0. The Bertz CT molecular complexity index is 966. The van der Waals surface area contributed by atoms with Crippen LogP contribution in [0.4, 0.5) is 15.4 Å². The lowest BCUT2D eigenvalue weighted by molar-refractivity contribution is 0.107. The van der Waals surface area contributed by atoms with Crippen LogP contribution in [0.3, 0.4) is 0 Å². The average molecular weight is 440 g/mol. The number of aromatic nitrogens is 1. The summed E-state index contributed by atoms with van der Waals surface area (Å²) in [5, 5.41) is 0. The fraction of sp³-hybridized carbons (Fsp3) is 0.458. The van der Waals surface area contributed by atoms with Crippen LogP contribution in [0.25, 0.3) is 0 Å². The van der Waals surface area contributed by atoms with Gasteiger partial charge in [-0.15, -0.1) is 0 Å². The molecule has 1 fully saturated rings. The zero-order valence-electron chi connectivity index (χ0n) is 18.6. The van der Waals surface area contributed by atoms with Gasteiger partial charge in [0.25, 0.3) is 0 Å². The number of amides is 2. The molecule has 0 bridgehead atoms. The number of benzene rings is 1. The van der Waals surface area contributed by atoms with Crippen LogP contribution in [-0.2, 0) is 22.4 Å². The van der Waals surface area contributed by atoms with E-state index in [0.29, 0.717) is 43.5 Å². The van der Waals surface area contributed by atoms with E-state index >= 15 is 0 Å². The number of rotatable bonds is 5. The molecule has 0 spiro atoms. The summed E-state index contributed by atoms with van der Waals surface area (Å²) < 4.78 is 16.4. The monoisotopic (exact) mass is 439 g/mol. The Hall–Kier alpha value is -3.13. The number of anilines is 1. The van der Waals surface area contributed by atoms with E-state index in [0.717, 1.165) is 36.8 Å². The number of carbonyl (C=O) groups excluding carboxylic acids is 2. The molecule has 1 unspecified atom stereocenters. The molecule has 0 N–H and O–H groups in total.